The number of likely N-dealkylation sites (tertiary alicyclic amines) is 1. The van der Waals surface area contributed by atoms with Gasteiger partial charge in [0, 0.05) is 70.5 Å². The number of hydrogen-bond donors (Lipinski definition) is 2. The van der Waals surface area contributed by atoms with Crippen molar-refractivity contribution >= 4 is 29.8 Å². The van der Waals surface area contributed by atoms with E-state index in [1.807, 2.05) is 37.3 Å². The molecule has 1 aromatic carbocycles. The highest BCUT2D eigenvalue weighted by molar-refractivity contribution is 5.97. The minimum atomic E-state index is -1.12. The van der Waals surface area contributed by atoms with Gasteiger partial charge < -0.3 is 39.3 Å². The van der Waals surface area contributed by atoms with Crippen molar-refractivity contribution in [3.63, 3.8) is 0 Å². The van der Waals surface area contributed by atoms with Crippen molar-refractivity contribution in [2.45, 2.75) is 51.5 Å². The molecule has 2 fully saturated rings. The third-order valence-corrected chi connectivity index (χ3v) is 8.65. The number of pyridine rings is 1. The summed E-state index contributed by atoms with van der Waals surface area (Å²) < 4.78 is 16.4. The van der Waals surface area contributed by atoms with Gasteiger partial charge in [0.25, 0.3) is 5.91 Å². The van der Waals surface area contributed by atoms with E-state index in [2.05, 4.69) is 10.3 Å². The van der Waals surface area contributed by atoms with Gasteiger partial charge in [0.2, 0.25) is 11.8 Å². The number of ether oxygens (including phenoxy) is 3. The van der Waals surface area contributed by atoms with Gasteiger partial charge in [0.15, 0.2) is 0 Å². The fourth-order valence-electron chi connectivity index (χ4n) is 5.72. The van der Waals surface area contributed by atoms with Crippen molar-refractivity contribution < 1.29 is 43.3 Å². The van der Waals surface area contributed by atoms with Crippen molar-refractivity contribution in [3.8, 4) is 17.0 Å². The normalized spacial score (nSPS) is 15.8. The van der Waals surface area contributed by atoms with Crippen LogP contribution in [0.3, 0.4) is 0 Å². The number of aromatic nitrogens is 1. The minimum Gasteiger partial charge on any atom is -0.493 e. The number of unbranched alkanes of at least 4 members (excludes halogenated alkanes) is 1. The van der Waals surface area contributed by atoms with Crippen molar-refractivity contribution in [1.29, 1.82) is 0 Å². The molecule has 2 aromatic rings. The molecule has 0 radical (unpaired) electrons. The zero-order chi connectivity index (χ0) is 35.2. The lowest BCUT2D eigenvalue weighted by Gasteiger charge is -2.36. The van der Waals surface area contributed by atoms with E-state index in [9.17, 15) is 29.1 Å². The highest BCUT2D eigenvalue weighted by Gasteiger charge is 2.31. The lowest BCUT2D eigenvalue weighted by molar-refractivity contribution is -0.138. The van der Waals surface area contributed by atoms with E-state index in [0.29, 0.717) is 37.7 Å². The smallest absolute Gasteiger partial charge is 0.409 e. The Labute approximate surface area is 286 Å². The summed E-state index contributed by atoms with van der Waals surface area (Å²) in [5.41, 5.74) is 1.28. The molecule has 3 heterocycles. The zero-order valence-electron chi connectivity index (χ0n) is 28.3. The van der Waals surface area contributed by atoms with E-state index in [1.165, 1.54) is 23.0 Å². The Bertz CT molecular complexity index is 1420. The average Bonchev–Trinajstić information content (AvgIpc) is 3.12. The Kier molecular flexibility index (Phi) is 14.2. The van der Waals surface area contributed by atoms with E-state index >= 15 is 0 Å². The van der Waals surface area contributed by atoms with Gasteiger partial charge in [-0.1, -0.05) is 43.7 Å². The van der Waals surface area contributed by atoms with Crippen LogP contribution in [0.15, 0.2) is 42.5 Å². The number of nitrogens with zero attached hydrogens (tertiary/aromatic N) is 4. The van der Waals surface area contributed by atoms with Crippen LogP contribution in [-0.2, 0) is 23.9 Å². The van der Waals surface area contributed by atoms with Gasteiger partial charge in [0.1, 0.15) is 24.1 Å². The summed E-state index contributed by atoms with van der Waals surface area (Å²) in [4.78, 5) is 72.7. The van der Waals surface area contributed by atoms with Gasteiger partial charge in [-0.2, -0.15) is 0 Å². The van der Waals surface area contributed by atoms with Crippen LogP contribution in [0.25, 0.3) is 11.3 Å². The lowest BCUT2D eigenvalue weighted by Crippen LogP contribution is -2.56. The summed E-state index contributed by atoms with van der Waals surface area (Å²) in [6, 6.07) is 11.4. The molecule has 0 aliphatic carbocycles. The molecule has 1 aromatic heterocycles. The van der Waals surface area contributed by atoms with Crippen molar-refractivity contribution in [2.75, 3.05) is 66.2 Å². The summed E-state index contributed by atoms with van der Waals surface area (Å²) in [5.74, 6) is -1.58. The van der Waals surface area contributed by atoms with Crippen LogP contribution in [0.4, 0.5) is 4.79 Å². The molecular weight excluding hydrogens is 634 g/mol. The van der Waals surface area contributed by atoms with Crippen LogP contribution in [0.1, 0.15) is 55.9 Å². The number of benzene rings is 1. The number of carboxylic acid groups (broad SMARTS) is 1. The largest absolute Gasteiger partial charge is 0.493 e. The standard InChI is InChI=1S/C35H47N5O9/c1-3-4-20-48-35(46)40-18-16-39(17-19-40)34(45)28(10-11-32(42)43)37-33(44)30-22-27(21-29(36-30)26-8-6-5-7-9-26)49-23-25-12-14-38(15-13-25)31(41)24-47-2/h5-9,21-22,25,28H,3-4,10-20,23-24H2,1-2H3,(H,37,44)(H,42,43)/t28-/m0/s1. The van der Waals surface area contributed by atoms with Gasteiger partial charge in [-0.25, -0.2) is 9.78 Å². The van der Waals surface area contributed by atoms with Crippen LogP contribution in [0, 0.1) is 5.92 Å². The minimum absolute atomic E-state index is 0.0177. The summed E-state index contributed by atoms with van der Waals surface area (Å²) in [6.07, 6.45) is 2.32. The Morgan fingerprint density at radius 3 is 2.31 bits per heavy atom. The van der Waals surface area contributed by atoms with Crippen LogP contribution in [0.2, 0.25) is 0 Å². The monoisotopic (exact) mass is 681 g/mol. The highest BCUT2D eigenvalue weighted by Crippen LogP contribution is 2.26. The topological polar surface area (TPSA) is 168 Å². The molecule has 0 spiro atoms. The van der Waals surface area contributed by atoms with Crippen molar-refractivity contribution in [2.24, 2.45) is 5.92 Å². The van der Waals surface area contributed by atoms with Crippen LogP contribution >= 0.6 is 0 Å². The number of piperidine rings is 1. The Morgan fingerprint density at radius 2 is 1.65 bits per heavy atom. The van der Waals surface area contributed by atoms with Crippen molar-refractivity contribution in [3.05, 3.63) is 48.2 Å². The second-order valence-electron chi connectivity index (χ2n) is 12.2. The zero-order valence-corrected chi connectivity index (χ0v) is 28.3. The number of carboxylic acids is 1. The number of piperazine rings is 1. The summed E-state index contributed by atoms with van der Waals surface area (Å²) in [5, 5.41) is 12.1. The molecule has 1 atom stereocenters. The first-order valence-electron chi connectivity index (χ1n) is 16.9. The number of hydrogen-bond acceptors (Lipinski definition) is 9. The Morgan fingerprint density at radius 1 is 0.959 bits per heavy atom. The molecule has 0 unspecified atom stereocenters. The van der Waals surface area contributed by atoms with Gasteiger partial charge in [-0.05, 0) is 31.6 Å². The molecule has 2 aliphatic rings. The summed E-state index contributed by atoms with van der Waals surface area (Å²) in [6.45, 7) is 4.97. The fourth-order valence-corrected chi connectivity index (χ4v) is 5.72. The number of methoxy groups -OCH3 is 1. The first-order valence-corrected chi connectivity index (χ1v) is 16.9. The second-order valence-corrected chi connectivity index (χ2v) is 12.2. The van der Waals surface area contributed by atoms with E-state index in [1.54, 1.807) is 11.0 Å². The SMILES string of the molecule is CCCCOC(=O)N1CCN(C(=O)[C@H](CCC(=O)O)NC(=O)c2cc(OCC3CCN(C(=O)COC)CC3)cc(-c3ccccc3)n2)CC1. The molecule has 2 N–H and O–H groups in total. The first-order chi connectivity index (χ1) is 23.7. The first kappa shape index (κ1) is 37.1. The molecule has 14 heteroatoms. The average molecular weight is 682 g/mol. The molecule has 4 rings (SSSR count). The van der Waals surface area contributed by atoms with Crippen LogP contribution in [0.5, 0.6) is 5.75 Å². The van der Waals surface area contributed by atoms with E-state index in [0.717, 1.165) is 31.2 Å². The molecule has 4 amide bonds. The van der Waals surface area contributed by atoms with Gasteiger partial charge in [-0.15, -0.1) is 0 Å². The summed E-state index contributed by atoms with van der Waals surface area (Å²) >= 11 is 0. The maximum Gasteiger partial charge on any atom is 0.409 e. The molecule has 266 valence electrons. The molecular formula is C35H47N5O9. The number of nitrogens with one attached hydrogen (secondary N) is 1. The van der Waals surface area contributed by atoms with Crippen LogP contribution in [-0.4, -0.2) is 127 Å². The second kappa shape index (κ2) is 18.7. The van der Waals surface area contributed by atoms with Crippen molar-refractivity contribution in [1.82, 2.24) is 25.0 Å². The van der Waals surface area contributed by atoms with E-state index in [4.69, 9.17) is 14.2 Å². The number of aliphatic carboxylic acids is 1. The third kappa shape index (κ3) is 11.2. The number of rotatable bonds is 15. The highest BCUT2D eigenvalue weighted by atomic mass is 16.6. The lowest BCUT2D eigenvalue weighted by atomic mass is 9.98. The fraction of sp³-hybridized carbons (Fsp3) is 0.543. The third-order valence-electron chi connectivity index (χ3n) is 8.65. The summed E-state index contributed by atoms with van der Waals surface area (Å²) in [7, 11) is 1.50. The Hall–Kier alpha value is -4.72. The van der Waals surface area contributed by atoms with E-state index < -0.39 is 29.9 Å². The number of carbonyl (C=O) groups is 5. The molecule has 49 heavy (non-hydrogen) atoms. The quantitative estimate of drug-likeness (QED) is 0.267. The molecule has 0 bridgehead atoms. The molecule has 2 saturated heterocycles. The van der Waals surface area contributed by atoms with Gasteiger partial charge in [0.05, 0.1) is 18.9 Å². The molecule has 0 saturated carbocycles. The van der Waals surface area contributed by atoms with Gasteiger partial charge in [-0.3, -0.25) is 19.2 Å². The number of amides is 4. The maximum atomic E-state index is 13.7. The number of carbonyl (C=O) groups excluding carboxylic acids is 4. The predicted molar refractivity (Wildman–Crippen MR) is 179 cm³/mol. The predicted octanol–water partition coefficient (Wildman–Crippen LogP) is 3.06. The van der Waals surface area contributed by atoms with Gasteiger partial charge >= 0.3 is 12.1 Å². The Balaban J connectivity index is 1.45. The van der Waals surface area contributed by atoms with E-state index in [-0.39, 0.29) is 63.1 Å². The van der Waals surface area contributed by atoms with Crippen LogP contribution < -0.4 is 10.1 Å². The molecule has 14 nitrogen and oxygen atoms in total. The maximum absolute atomic E-state index is 13.7. The molecule has 2 aliphatic heterocycles.